The van der Waals surface area contributed by atoms with Crippen LogP contribution in [0.1, 0.15) is 12.8 Å². The molecule has 0 unspecified atom stereocenters. The summed E-state index contributed by atoms with van der Waals surface area (Å²) in [5.41, 5.74) is 0. The molecule has 132 valence electrons. The number of hydrogen-bond acceptors (Lipinski definition) is 4. The summed E-state index contributed by atoms with van der Waals surface area (Å²) in [4.78, 5) is 17.9. The molecule has 1 aromatic carbocycles. The Labute approximate surface area is 150 Å². The molecule has 1 amide bonds. The summed E-state index contributed by atoms with van der Waals surface area (Å²) < 4.78 is 24.1. The summed E-state index contributed by atoms with van der Waals surface area (Å²) in [7, 11) is 0. The van der Waals surface area contributed by atoms with Crippen LogP contribution in [0.25, 0.3) is 0 Å². The first-order chi connectivity index (χ1) is 12.1. The van der Waals surface area contributed by atoms with Crippen LogP contribution in [-0.2, 0) is 4.79 Å². The molecule has 0 aliphatic carbocycles. The molecule has 0 N–H and O–H groups in total. The van der Waals surface area contributed by atoms with Gasteiger partial charge in [0, 0.05) is 44.4 Å². The maximum absolute atomic E-state index is 12.8. The maximum atomic E-state index is 12.8. The zero-order chi connectivity index (χ0) is 17.6. The second kappa shape index (κ2) is 8.16. The van der Waals surface area contributed by atoms with E-state index in [1.165, 1.54) is 24.3 Å². The number of ether oxygens (including phenoxy) is 2. The van der Waals surface area contributed by atoms with Crippen molar-refractivity contribution in [2.24, 2.45) is 0 Å². The number of halogens is 2. The highest BCUT2D eigenvalue weighted by atomic mass is 35.5. The van der Waals surface area contributed by atoms with E-state index in [0.29, 0.717) is 29.6 Å². The molecule has 1 aromatic heterocycles. The Kier molecular flexibility index (Phi) is 5.71. The van der Waals surface area contributed by atoms with Crippen molar-refractivity contribution in [3.8, 4) is 11.5 Å². The Morgan fingerprint density at radius 1 is 1.24 bits per heavy atom. The molecule has 2 heterocycles. The standard InChI is InChI=1S/C18H18ClFN2O3/c19-16-11-21-8-5-17(16)25-15-6-9-22(10-7-15)18(23)12-24-14-3-1-13(20)2-4-14/h1-5,8,11,15H,6-7,9-10,12H2. The number of piperidine rings is 1. The molecule has 1 aliphatic rings. The summed E-state index contributed by atoms with van der Waals surface area (Å²) in [6.07, 6.45) is 4.64. The molecule has 2 aromatic rings. The zero-order valence-electron chi connectivity index (χ0n) is 13.5. The first kappa shape index (κ1) is 17.5. The zero-order valence-corrected chi connectivity index (χ0v) is 14.3. The van der Waals surface area contributed by atoms with Gasteiger partial charge in [-0.3, -0.25) is 9.78 Å². The molecule has 0 atom stereocenters. The summed E-state index contributed by atoms with van der Waals surface area (Å²) >= 11 is 6.04. The molecule has 3 rings (SSSR count). The monoisotopic (exact) mass is 364 g/mol. The number of aromatic nitrogens is 1. The lowest BCUT2D eigenvalue weighted by Crippen LogP contribution is -2.43. The average Bonchev–Trinajstić information content (AvgIpc) is 2.63. The number of rotatable bonds is 5. The van der Waals surface area contributed by atoms with Gasteiger partial charge in [0.25, 0.3) is 5.91 Å². The van der Waals surface area contributed by atoms with Crippen LogP contribution in [0.3, 0.4) is 0 Å². The van der Waals surface area contributed by atoms with E-state index < -0.39 is 0 Å². The fourth-order valence-corrected chi connectivity index (χ4v) is 2.79. The number of carbonyl (C=O) groups excluding carboxylic acids is 1. The molecule has 0 bridgehead atoms. The van der Waals surface area contributed by atoms with Gasteiger partial charge in [-0.1, -0.05) is 11.6 Å². The van der Waals surface area contributed by atoms with E-state index in [1.807, 2.05) is 0 Å². The number of carbonyl (C=O) groups is 1. The van der Waals surface area contributed by atoms with Crippen LogP contribution in [0.2, 0.25) is 5.02 Å². The Balaban J connectivity index is 1.44. The first-order valence-corrected chi connectivity index (χ1v) is 8.42. The van der Waals surface area contributed by atoms with Crippen LogP contribution in [0.5, 0.6) is 11.5 Å². The number of pyridine rings is 1. The molecule has 7 heteroatoms. The number of nitrogens with zero attached hydrogens (tertiary/aromatic N) is 2. The summed E-state index contributed by atoms with van der Waals surface area (Å²) in [5, 5.41) is 0.480. The summed E-state index contributed by atoms with van der Waals surface area (Å²) in [6.45, 7) is 1.13. The third-order valence-corrected chi connectivity index (χ3v) is 4.28. The minimum Gasteiger partial charge on any atom is -0.489 e. The third kappa shape index (κ3) is 4.82. The number of hydrogen-bond donors (Lipinski definition) is 0. The van der Waals surface area contributed by atoms with Crippen LogP contribution in [0.15, 0.2) is 42.7 Å². The van der Waals surface area contributed by atoms with Crippen molar-refractivity contribution in [2.45, 2.75) is 18.9 Å². The van der Waals surface area contributed by atoms with Crippen molar-refractivity contribution in [1.29, 1.82) is 0 Å². The topological polar surface area (TPSA) is 51.7 Å². The summed E-state index contributed by atoms with van der Waals surface area (Å²) in [5.74, 6) is 0.654. The normalized spacial score (nSPS) is 15.0. The van der Waals surface area contributed by atoms with E-state index in [0.717, 1.165) is 12.8 Å². The van der Waals surface area contributed by atoms with Gasteiger partial charge in [-0.2, -0.15) is 0 Å². The Morgan fingerprint density at radius 3 is 2.64 bits per heavy atom. The van der Waals surface area contributed by atoms with E-state index in [2.05, 4.69) is 4.98 Å². The second-order valence-electron chi connectivity index (χ2n) is 5.75. The van der Waals surface area contributed by atoms with Gasteiger partial charge in [-0.05, 0) is 24.3 Å². The average molecular weight is 365 g/mol. The minimum atomic E-state index is -0.338. The molecule has 0 radical (unpaired) electrons. The van der Waals surface area contributed by atoms with Crippen molar-refractivity contribution >= 4 is 17.5 Å². The lowest BCUT2D eigenvalue weighted by molar-refractivity contribution is -0.135. The van der Waals surface area contributed by atoms with Crippen LogP contribution < -0.4 is 9.47 Å². The molecular weight excluding hydrogens is 347 g/mol. The maximum Gasteiger partial charge on any atom is 0.260 e. The molecule has 1 saturated heterocycles. The van der Waals surface area contributed by atoms with Crippen LogP contribution in [0, 0.1) is 5.82 Å². The lowest BCUT2D eigenvalue weighted by atomic mass is 10.1. The Hall–Kier alpha value is -2.34. The lowest BCUT2D eigenvalue weighted by Gasteiger charge is -2.32. The van der Waals surface area contributed by atoms with Gasteiger partial charge in [-0.15, -0.1) is 0 Å². The fourth-order valence-electron chi connectivity index (χ4n) is 2.63. The molecule has 25 heavy (non-hydrogen) atoms. The largest absolute Gasteiger partial charge is 0.489 e. The SMILES string of the molecule is O=C(COc1ccc(F)cc1)N1CCC(Oc2ccncc2Cl)CC1. The molecule has 0 saturated carbocycles. The van der Waals surface area contributed by atoms with Gasteiger partial charge in [0.05, 0.1) is 0 Å². The second-order valence-corrected chi connectivity index (χ2v) is 6.15. The molecular formula is C18H18ClFN2O3. The summed E-state index contributed by atoms with van der Waals surface area (Å²) in [6, 6.07) is 7.33. The first-order valence-electron chi connectivity index (χ1n) is 8.04. The number of benzene rings is 1. The van der Waals surface area contributed by atoms with Gasteiger partial charge in [0.15, 0.2) is 6.61 Å². The van der Waals surface area contributed by atoms with Gasteiger partial charge < -0.3 is 14.4 Å². The molecule has 1 fully saturated rings. The number of amides is 1. The van der Waals surface area contributed by atoms with Crippen molar-refractivity contribution in [2.75, 3.05) is 19.7 Å². The Morgan fingerprint density at radius 2 is 1.96 bits per heavy atom. The van der Waals surface area contributed by atoms with E-state index in [4.69, 9.17) is 21.1 Å². The smallest absolute Gasteiger partial charge is 0.260 e. The quantitative estimate of drug-likeness (QED) is 0.816. The predicted molar refractivity (Wildman–Crippen MR) is 91.4 cm³/mol. The van der Waals surface area contributed by atoms with Crippen LogP contribution in [-0.4, -0.2) is 41.6 Å². The molecule has 1 aliphatic heterocycles. The highest BCUT2D eigenvalue weighted by Crippen LogP contribution is 2.26. The van der Waals surface area contributed by atoms with Crippen molar-refractivity contribution < 1.29 is 18.7 Å². The van der Waals surface area contributed by atoms with Crippen molar-refractivity contribution in [3.63, 3.8) is 0 Å². The van der Waals surface area contributed by atoms with Crippen molar-refractivity contribution in [1.82, 2.24) is 9.88 Å². The highest BCUT2D eigenvalue weighted by molar-refractivity contribution is 6.31. The highest BCUT2D eigenvalue weighted by Gasteiger charge is 2.24. The van der Waals surface area contributed by atoms with Gasteiger partial charge in [0.2, 0.25) is 0 Å². The molecule has 5 nitrogen and oxygen atoms in total. The van der Waals surface area contributed by atoms with Crippen molar-refractivity contribution in [3.05, 3.63) is 53.6 Å². The van der Waals surface area contributed by atoms with E-state index in [1.54, 1.807) is 23.4 Å². The predicted octanol–water partition coefficient (Wildman–Crippen LogP) is 3.32. The fraction of sp³-hybridized carbons (Fsp3) is 0.333. The molecule has 0 spiro atoms. The Bertz CT molecular complexity index is 719. The van der Waals surface area contributed by atoms with Crippen LogP contribution in [0.4, 0.5) is 4.39 Å². The van der Waals surface area contributed by atoms with Gasteiger partial charge >= 0.3 is 0 Å². The van der Waals surface area contributed by atoms with E-state index >= 15 is 0 Å². The van der Waals surface area contributed by atoms with Crippen LogP contribution >= 0.6 is 11.6 Å². The van der Waals surface area contributed by atoms with E-state index in [-0.39, 0.29) is 24.4 Å². The third-order valence-electron chi connectivity index (χ3n) is 4.00. The van der Waals surface area contributed by atoms with E-state index in [9.17, 15) is 9.18 Å². The van der Waals surface area contributed by atoms with Gasteiger partial charge in [-0.25, -0.2) is 4.39 Å². The van der Waals surface area contributed by atoms with Gasteiger partial charge in [0.1, 0.15) is 28.4 Å². The number of likely N-dealkylation sites (tertiary alicyclic amines) is 1. The minimum absolute atomic E-state index is 0.0157.